The molecule has 2 heterocycles. The molecule has 1 aliphatic rings. The summed E-state index contributed by atoms with van der Waals surface area (Å²) in [5.41, 5.74) is 0.576. The zero-order chi connectivity index (χ0) is 19.1. The smallest absolute Gasteiger partial charge is 0.319 e. The van der Waals surface area contributed by atoms with E-state index in [1.807, 2.05) is 6.07 Å². The lowest BCUT2D eigenvalue weighted by Crippen LogP contribution is -2.31. The van der Waals surface area contributed by atoms with Crippen molar-refractivity contribution in [2.45, 2.75) is 25.8 Å². The minimum absolute atomic E-state index is 0.245. The Kier molecular flexibility index (Phi) is 6.30. The lowest BCUT2D eigenvalue weighted by molar-refractivity contribution is 0.251. The number of aromatic nitrogens is 2. The molecule has 2 aromatic rings. The van der Waals surface area contributed by atoms with Gasteiger partial charge < -0.3 is 25.0 Å². The van der Waals surface area contributed by atoms with E-state index in [1.54, 1.807) is 38.6 Å². The molecule has 0 spiro atoms. The number of nitrogens with one attached hydrogen (secondary N) is 2. The van der Waals surface area contributed by atoms with Crippen molar-refractivity contribution in [3.05, 3.63) is 36.3 Å². The quantitative estimate of drug-likeness (QED) is 0.812. The summed E-state index contributed by atoms with van der Waals surface area (Å²) in [6, 6.07) is 6.74. The Bertz CT molecular complexity index is 755. The Labute approximate surface area is 158 Å². The van der Waals surface area contributed by atoms with E-state index in [0.29, 0.717) is 23.0 Å². The Morgan fingerprint density at radius 3 is 2.48 bits per heavy atom. The van der Waals surface area contributed by atoms with E-state index in [9.17, 15) is 4.79 Å². The van der Waals surface area contributed by atoms with Gasteiger partial charge in [0, 0.05) is 43.2 Å². The molecule has 8 nitrogen and oxygen atoms in total. The van der Waals surface area contributed by atoms with Crippen molar-refractivity contribution in [3.8, 4) is 11.5 Å². The molecule has 1 fully saturated rings. The summed E-state index contributed by atoms with van der Waals surface area (Å²) >= 11 is 0. The Balaban J connectivity index is 1.58. The van der Waals surface area contributed by atoms with E-state index in [4.69, 9.17) is 9.47 Å². The first-order valence-corrected chi connectivity index (χ1v) is 9.03. The molecule has 0 bridgehead atoms. The second kappa shape index (κ2) is 9.07. The molecular weight excluding hydrogens is 346 g/mol. The largest absolute Gasteiger partial charge is 0.497 e. The van der Waals surface area contributed by atoms with Crippen LogP contribution in [0.3, 0.4) is 0 Å². The average molecular weight is 371 g/mol. The van der Waals surface area contributed by atoms with Gasteiger partial charge in [-0.3, -0.25) is 0 Å². The highest BCUT2D eigenvalue weighted by atomic mass is 16.5. The Morgan fingerprint density at radius 2 is 1.81 bits per heavy atom. The summed E-state index contributed by atoms with van der Waals surface area (Å²) in [6.45, 7) is 2.28. The van der Waals surface area contributed by atoms with E-state index < -0.39 is 0 Å². The second-order valence-electron chi connectivity index (χ2n) is 6.29. The minimum atomic E-state index is -0.350. The number of nitrogens with zero attached hydrogens (tertiary/aromatic N) is 3. The fraction of sp³-hybridized carbons (Fsp3) is 0.421. The summed E-state index contributed by atoms with van der Waals surface area (Å²) in [5, 5.41) is 5.54. The number of rotatable bonds is 6. The van der Waals surface area contributed by atoms with Gasteiger partial charge >= 0.3 is 6.03 Å². The molecule has 0 atom stereocenters. The van der Waals surface area contributed by atoms with Gasteiger partial charge in [0.05, 0.1) is 20.8 Å². The number of ether oxygens (including phenoxy) is 2. The average Bonchev–Trinajstić information content (AvgIpc) is 2.72. The van der Waals surface area contributed by atoms with Crippen LogP contribution in [-0.4, -0.2) is 43.3 Å². The van der Waals surface area contributed by atoms with Gasteiger partial charge in [-0.25, -0.2) is 14.8 Å². The van der Waals surface area contributed by atoms with Crippen molar-refractivity contribution in [1.29, 1.82) is 0 Å². The van der Waals surface area contributed by atoms with Crippen LogP contribution in [0.25, 0.3) is 0 Å². The van der Waals surface area contributed by atoms with E-state index >= 15 is 0 Å². The first-order valence-electron chi connectivity index (χ1n) is 9.03. The van der Waals surface area contributed by atoms with Gasteiger partial charge in [0.25, 0.3) is 0 Å². The van der Waals surface area contributed by atoms with E-state index in [1.165, 1.54) is 19.3 Å². The lowest BCUT2D eigenvalue weighted by Gasteiger charge is -2.27. The molecule has 1 aliphatic heterocycles. The van der Waals surface area contributed by atoms with E-state index in [2.05, 4.69) is 25.5 Å². The van der Waals surface area contributed by atoms with Crippen LogP contribution in [0.5, 0.6) is 11.5 Å². The number of benzene rings is 1. The number of piperidine rings is 1. The van der Waals surface area contributed by atoms with Crippen molar-refractivity contribution in [2.75, 3.05) is 37.5 Å². The van der Waals surface area contributed by atoms with Crippen LogP contribution in [0.4, 0.5) is 16.3 Å². The zero-order valence-corrected chi connectivity index (χ0v) is 15.7. The molecule has 3 rings (SSSR count). The van der Waals surface area contributed by atoms with Crippen molar-refractivity contribution < 1.29 is 14.3 Å². The third-order valence-corrected chi connectivity index (χ3v) is 4.39. The molecule has 0 unspecified atom stereocenters. The van der Waals surface area contributed by atoms with Crippen LogP contribution in [0.2, 0.25) is 0 Å². The van der Waals surface area contributed by atoms with Crippen LogP contribution in [0.1, 0.15) is 25.1 Å². The van der Waals surface area contributed by atoms with Gasteiger partial charge in [0.15, 0.2) is 0 Å². The highest BCUT2D eigenvalue weighted by Gasteiger charge is 2.13. The molecule has 0 aliphatic carbocycles. The lowest BCUT2D eigenvalue weighted by atomic mass is 10.1. The van der Waals surface area contributed by atoms with Gasteiger partial charge in [0.2, 0.25) is 0 Å². The van der Waals surface area contributed by atoms with Crippen molar-refractivity contribution >= 4 is 17.5 Å². The predicted octanol–water partition coefficient (Wildman–Crippen LogP) is 2.81. The highest BCUT2D eigenvalue weighted by molar-refractivity contribution is 5.89. The normalized spacial score (nSPS) is 13.8. The summed E-state index contributed by atoms with van der Waals surface area (Å²) in [7, 11) is 3.12. The fourth-order valence-electron chi connectivity index (χ4n) is 2.99. The zero-order valence-electron chi connectivity index (χ0n) is 15.7. The molecule has 144 valence electrons. The maximum atomic E-state index is 12.2. The van der Waals surface area contributed by atoms with Gasteiger partial charge in [-0.15, -0.1) is 0 Å². The molecule has 0 saturated carbocycles. The van der Waals surface area contributed by atoms with Gasteiger partial charge in [-0.2, -0.15) is 0 Å². The first-order chi connectivity index (χ1) is 13.2. The molecule has 1 aromatic heterocycles. The Morgan fingerprint density at radius 1 is 1.11 bits per heavy atom. The molecule has 1 aromatic carbocycles. The number of anilines is 2. The third kappa shape index (κ3) is 5.22. The number of carbonyl (C=O) groups is 1. The number of hydrogen-bond acceptors (Lipinski definition) is 6. The molecule has 2 N–H and O–H groups in total. The number of urea groups is 1. The summed E-state index contributed by atoms with van der Waals surface area (Å²) in [5.74, 6) is 2.69. The highest BCUT2D eigenvalue weighted by Crippen LogP contribution is 2.25. The van der Waals surface area contributed by atoms with Crippen LogP contribution in [0, 0.1) is 0 Å². The number of carbonyl (C=O) groups excluding carboxylic acids is 1. The fourth-order valence-corrected chi connectivity index (χ4v) is 2.99. The van der Waals surface area contributed by atoms with Crippen LogP contribution >= 0.6 is 0 Å². The number of amides is 2. The molecular formula is C19H25N5O3. The van der Waals surface area contributed by atoms with Crippen molar-refractivity contribution in [3.63, 3.8) is 0 Å². The van der Waals surface area contributed by atoms with Gasteiger partial charge in [-0.1, -0.05) is 0 Å². The van der Waals surface area contributed by atoms with Crippen LogP contribution < -0.4 is 25.0 Å². The monoisotopic (exact) mass is 371 g/mol. The minimum Gasteiger partial charge on any atom is -0.497 e. The van der Waals surface area contributed by atoms with Gasteiger partial charge in [0.1, 0.15) is 23.1 Å². The number of hydrogen-bond donors (Lipinski definition) is 2. The summed E-state index contributed by atoms with van der Waals surface area (Å²) in [4.78, 5) is 23.3. The van der Waals surface area contributed by atoms with E-state index in [-0.39, 0.29) is 12.6 Å². The van der Waals surface area contributed by atoms with Gasteiger partial charge in [-0.05, 0) is 25.3 Å². The molecule has 2 amide bonds. The molecule has 27 heavy (non-hydrogen) atoms. The maximum absolute atomic E-state index is 12.2. The molecule has 1 saturated heterocycles. The predicted molar refractivity (Wildman–Crippen MR) is 104 cm³/mol. The topological polar surface area (TPSA) is 88.6 Å². The van der Waals surface area contributed by atoms with Crippen molar-refractivity contribution in [2.24, 2.45) is 0 Å². The van der Waals surface area contributed by atoms with E-state index in [0.717, 1.165) is 18.9 Å². The molecule has 0 radical (unpaired) electrons. The van der Waals surface area contributed by atoms with Crippen LogP contribution in [-0.2, 0) is 6.54 Å². The summed E-state index contributed by atoms with van der Waals surface area (Å²) < 4.78 is 10.4. The first kappa shape index (κ1) is 18.8. The maximum Gasteiger partial charge on any atom is 0.319 e. The summed E-state index contributed by atoms with van der Waals surface area (Å²) in [6.07, 6.45) is 5.37. The van der Waals surface area contributed by atoms with Crippen LogP contribution in [0.15, 0.2) is 30.5 Å². The van der Waals surface area contributed by atoms with Crippen molar-refractivity contribution in [1.82, 2.24) is 15.3 Å². The standard InChI is InChI=1S/C19H25N5O3/c1-26-15-10-14(11-16(12-15)27-2)22-19(25)21-13-17-20-7-6-18(23-17)24-8-4-3-5-9-24/h6-7,10-12H,3-5,8-9,13H2,1-2H3,(H2,21,22,25). The number of methoxy groups -OCH3 is 2. The Hall–Kier alpha value is -3.03. The SMILES string of the molecule is COc1cc(NC(=O)NCc2nccc(N3CCCCC3)n2)cc(OC)c1. The second-order valence-corrected chi connectivity index (χ2v) is 6.29. The molecule has 8 heteroatoms. The third-order valence-electron chi connectivity index (χ3n) is 4.39.